The third-order valence-corrected chi connectivity index (χ3v) is 3.41. The summed E-state index contributed by atoms with van der Waals surface area (Å²) in [4.78, 5) is 14.2. The predicted octanol–water partition coefficient (Wildman–Crippen LogP) is 2.09. The summed E-state index contributed by atoms with van der Waals surface area (Å²) in [7, 11) is 0. The molecule has 1 N–H and O–H groups in total. The van der Waals surface area contributed by atoms with Crippen LogP contribution in [0.4, 0.5) is 4.79 Å². The number of rotatable bonds is 5. The zero-order valence-corrected chi connectivity index (χ0v) is 11.9. The molecule has 0 aromatic carbocycles. The van der Waals surface area contributed by atoms with E-state index in [9.17, 15) is 4.79 Å². The minimum Gasteiger partial charge on any atom is -0.441 e. The molecule has 112 valence electrons. The highest BCUT2D eigenvalue weighted by Crippen LogP contribution is 2.34. The predicted molar refractivity (Wildman–Crippen MR) is 69.9 cm³/mol. The summed E-state index contributed by atoms with van der Waals surface area (Å²) >= 11 is 0. The van der Waals surface area contributed by atoms with Gasteiger partial charge in [0.15, 0.2) is 11.9 Å². The molecular weight excluding hydrogens is 264 g/mol. The second-order valence-electron chi connectivity index (χ2n) is 5.46. The van der Waals surface area contributed by atoms with Crippen LogP contribution in [0.5, 0.6) is 0 Å². The molecule has 2 saturated heterocycles. The third-order valence-electron chi connectivity index (χ3n) is 3.41. The van der Waals surface area contributed by atoms with E-state index in [0.717, 1.165) is 12.8 Å². The molecule has 2 rings (SSSR count). The van der Waals surface area contributed by atoms with Crippen LogP contribution in [0, 0.1) is 0 Å². The molecule has 0 unspecified atom stereocenters. The largest absolute Gasteiger partial charge is 0.441 e. The van der Waals surface area contributed by atoms with Crippen molar-refractivity contribution in [3.63, 3.8) is 0 Å². The highest BCUT2D eigenvalue weighted by atomic mass is 16.8. The van der Waals surface area contributed by atoms with Gasteiger partial charge in [0.2, 0.25) is 0 Å². The van der Waals surface area contributed by atoms with E-state index in [4.69, 9.17) is 19.7 Å². The van der Waals surface area contributed by atoms with Gasteiger partial charge in [0.1, 0.15) is 6.10 Å². The van der Waals surface area contributed by atoms with Crippen molar-refractivity contribution in [2.75, 3.05) is 6.54 Å². The first-order chi connectivity index (χ1) is 9.46. The zero-order chi connectivity index (χ0) is 14.8. The van der Waals surface area contributed by atoms with E-state index in [1.165, 1.54) is 0 Å². The van der Waals surface area contributed by atoms with Crippen LogP contribution in [0.25, 0.3) is 10.4 Å². The molecular formula is C12H20N4O4. The minimum absolute atomic E-state index is 0.108. The van der Waals surface area contributed by atoms with Gasteiger partial charge in [-0.2, -0.15) is 0 Å². The van der Waals surface area contributed by atoms with E-state index in [1.807, 2.05) is 6.92 Å². The van der Waals surface area contributed by atoms with Gasteiger partial charge in [0.25, 0.3) is 0 Å². The molecule has 8 nitrogen and oxygen atoms in total. The van der Waals surface area contributed by atoms with E-state index in [2.05, 4.69) is 15.3 Å². The Labute approximate surface area is 117 Å². The lowest BCUT2D eigenvalue weighted by Gasteiger charge is -2.25. The molecule has 0 radical (unpaired) electrons. The highest BCUT2D eigenvalue weighted by Gasteiger charge is 2.51. The van der Waals surface area contributed by atoms with Crippen LogP contribution in [0.3, 0.4) is 0 Å². The third kappa shape index (κ3) is 3.15. The van der Waals surface area contributed by atoms with Crippen molar-refractivity contribution in [2.24, 2.45) is 5.11 Å². The van der Waals surface area contributed by atoms with Gasteiger partial charge in [-0.1, -0.05) is 18.5 Å². The summed E-state index contributed by atoms with van der Waals surface area (Å²) in [5.74, 6) is -0.786. The van der Waals surface area contributed by atoms with Crippen molar-refractivity contribution in [1.82, 2.24) is 5.32 Å². The number of carbonyl (C=O) groups excluding carboxylic acids is 1. The number of alkyl carbamates (subject to hydrolysis) is 1. The maximum Gasteiger partial charge on any atom is 0.407 e. The smallest absolute Gasteiger partial charge is 0.407 e. The first-order valence-corrected chi connectivity index (χ1v) is 6.80. The molecule has 0 aromatic heterocycles. The number of amides is 1. The first-order valence-electron chi connectivity index (χ1n) is 6.80. The maximum atomic E-state index is 11.5. The van der Waals surface area contributed by atoms with Crippen LogP contribution in [0.1, 0.15) is 33.6 Å². The van der Waals surface area contributed by atoms with Crippen molar-refractivity contribution in [2.45, 2.75) is 63.8 Å². The van der Waals surface area contributed by atoms with Crippen molar-refractivity contribution < 1.29 is 19.0 Å². The number of nitrogens with zero attached hydrogens (tertiary/aromatic N) is 3. The van der Waals surface area contributed by atoms with E-state index in [0.29, 0.717) is 0 Å². The summed E-state index contributed by atoms with van der Waals surface area (Å²) in [6.45, 7) is 5.76. The van der Waals surface area contributed by atoms with Gasteiger partial charge in [0, 0.05) is 4.91 Å². The van der Waals surface area contributed by atoms with Crippen molar-refractivity contribution in [1.29, 1.82) is 0 Å². The number of hydrogen-bond acceptors (Lipinski definition) is 5. The van der Waals surface area contributed by atoms with Gasteiger partial charge in [-0.05, 0) is 25.8 Å². The van der Waals surface area contributed by atoms with E-state index in [1.54, 1.807) is 13.8 Å². The summed E-state index contributed by atoms with van der Waals surface area (Å²) < 4.78 is 16.9. The van der Waals surface area contributed by atoms with Gasteiger partial charge in [-0.3, -0.25) is 0 Å². The molecule has 20 heavy (non-hydrogen) atoms. The quantitative estimate of drug-likeness (QED) is 0.474. The number of carbonyl (C=O) groups is 1. The molecule has 0 aromatic rings. The van der Waals surface area contributed by atoms with Crippen LogP contribution >= 0.6 is 0 Å². The van der Waals surface area contributed by atoms with Gasteiger partial charge in [0.05, 0.1) is 18.7 Å². The number of cyclic esters (lactones) is 1. The van der Waals surface area contributed by atoms with Gasteiger partial charge in [-0.15, -0.1) is 0 Å². The number of nitrogens with one attached hydrogen (secondary N) is 1. The Morgan fingerprint density at radius 1 is 1.40 bits per heavy atom. The number of azide groups is 1. The van der Waals surface area contributed by atoms with Crippen LogP contribution in [-0.4, -0.2) is 42.8 Å². The fourth-order valence-electron chi connectivity index (χ4n) is 2.72. The average Bonchev–Trinajstić information content (AvgIpc) is 2.87. The Morgan fingerprint density at radius 2 is 2.15 bits per heavy atom. The van der Waals surface area contributed by atoms with Crippen molar-refractivity contribution in [3.8, 4) is 0 Å². The molecule has 0 bridgehead atoms. The fraction of sp³-hybridized carbons (Fsp3) is 0.917. The second kappa shape index (κ2) is 5.87. The molecule has 2 aliphatic rings. The van der Waals surface area contributed by atoms with Crippen LogP contribution in [0.2, 0.25) is 0 Å². The first kappa shape index (κ1) is 14.9. The topological polar surface area (TPSA) is 106 Å². The summed E-state index contributed by atoms with van der Waals surface area (Å²) in [5, 5.41) is 6.33. The van der Waals surface area contributed by atoms with E-state index < -0.39 is 30.2 Å². The highest BCUT2D eigenvalue weighted by molar-refractivity contribution is 5.70. The molecule has 0 spiro atoms. The molecule has 0 aliphatic carbocycles. The Kier molecular flexibility index (Phi) is 4.37. The molecule has 8 heteroatoms. The fourth-order valence-corrected chi connectivity index (χ4v) is 2.72. The van der Waals surface area contributed by atoms with Crippen LogP contribution in [-0.2, 0) is 14.2 Å². The van der Waals surface area contributed by atoms with Crippen molar-refractivity contribution >= 4 is 6.09 Å². The molecule has 1 amide bonds. The Morgan fingerprint density at radius 3 is 2.80 bits per heavy atom. The van der Waals surface area contributed by atoms with Gasteiger partial charge in [-0.25, -0.2) is 4.79 Å². The monoisotopic (exact) mass is 284 g/mol. The molecule has 0 saturated carbocycles. The van der Waals surface area contributed by atoms with Crippen molar-refractivity contribution in [3.05, 3.63) is 10.4 Å². The van der Waals surface area contributed by atoms with Gasteiger partial charge >= 0.3 is 6.09 Å². The Balaban J connectivity index is 2.14. The lowest BCUT2D eigenvalue weighted by molar-refractivity contribution is -0.154. The second-order valence-corrected chi connectivity index (χ2v) is 5.46. The molecule has 4 atom stereocenters. The Bertz CT molecular complexity index is 422. The number of ether oxygens (including phenoxy) is 3. The standard InChI is InChI=1S/C12H20N4O4/c1-4-5-7-9(18-11(17)15-7)10-8(6-14-16-13)19-12(2,3)20-10/h7-10H,4-6H2,1-3H3,(H,15,17)/t7-,8+,9+,10-/m1/s1. The van der Waals surface area contributed by atoms with E-state index in [-0.39, 0.29) is 12.6 Å². The number of hydrogen-bond donors (Lipinski definition) is 1. The van der Waals surface area contributed by atoms with Gasteiger partial charge < -0.3 is 19.5 Å². The molecule has 2 fully saturated rings. The van der Waals surface area contributed by atoms with E-state index >= 15 is 0 Å². The molecule has 2 heterocycles. The average molecular weight is 284 g/mol. The minimum atomic E-state index is -0.786. The summed E-state index contributed by atoms with van der Waals surface area (Å²) in [6, 6.07) is -0.108. The van der Waals surface area contributed by atoms with Crippen LogP contribution < -0.4 is 5.32 Å². The molecule has 2 aliphatic heterocycles. The Hall–Kier alpha value is -1.50. The lowest BCUT2D eigenvalue weighted by Crippen LogP contribution is -2.45. The SMILES string of the molecule is CCC[C@H]1NC(=O)O[C@@H]1[C@@H]1OC(C)(C)O[C@H]1CN=[N+]=[N-]. The lowest BCUT2D eigenvalue weighted by atomic mass is 9.98. The van der Waals surface area contributed by atoms with Crippen LogP contribution in [0.15, 0.2) is 5.11 Å². The summed E-state index contributed by atoms with van der Waals surface area (Å²) in [5.41, 5.74) is 8.45. The zero-order valence-electron chi connectivity index (χ0n) is 11.9. The summed E-state index contributed by atoms with van der Waals surface area (Å²) in [6.07, 6.45) is -0.00959. The normalized spacial score (nSPS) is 35.2. The maximum absolute atomic E-state index is 11.5.